The SMILES string of the molecule is COc1cc(C)c(S(=O)(=O)Nc2nnc3ccccn23)cc1Cl. The van der Waals surface area contributed by atoms with Gasteiger partial charge in [0.05, 0.1) is 17.0 Å². The molecule has 1 N–H and O–H groups in total. The van der Waals surface area contributed by atoms with Gasteiger partial charge >= 0.3 is 0 Å². The number of rotatable bonds is 4. The van der Waals surface area contributed by atoms with E-state index in [1.54, 1.807) is 37.4 Å². The van der Waals surface area contributed by atoms with Crippen LogP contribution in [-0.2, 0) is 10.0 Å². The molecule has 2 heterocycles. The van der Waals surface area contributed by atoms with E-state index >= 15 is 0 Å². The minimum atomic E-state index is -3.87. The lowest BCUT2D eigenvalue weighted by atomic mass is 10.2. The average Bonchev–Trinajstić information content (AvgIpc) is 2.91. The summed E-state index contributed by atoms with van der Waals surface area (Å²) in [5, 5.41) is 7.97. The first-order valence-corrected chi connectivity index (χ1v) is 8.45. The predicted octanol–water partition coefficient (Wildman–Crippen LogP) is 2.50. The largest absolute Gasteiger partial charge is 0.495 e. The van der Waals surface area contributed by atoms with Gasteiger partial charge < -0.3 is 4.74 Å². The van der Waals surface area contributed by atoms with Gasteiger partial charge in [0.25, 0.3) is 10.0 Å². The molecule has 0 atom stereocenters. The Bertz CT molecular complexity index is 985. The Morgan fingerprint density at radius 3 is 2.78 bits per heavy atom. The van der Waals surface area contributed by atoms with Gasteiger partial charge in [-0.2, -0.15) is 0 Å². The predicted molar refractivity (Wildman–Crippen MR) is 86.5 cm³/mol. The first kappa shape index (κ1) is 15.6. The Labute approximate surface area is 137 Å². The fraction of sp³-hybridized carbons (Fsp3) is 0.143. The Balaban J connectivity index is 2.04. The van der Waals surface area contributed by atoms with Crippen LogP contribution in [0.15, 0.2) is 41.4 Å². The van der Waals surface area contributed by atoms with Crippen molar-refractivity contribution in [2.45, 2.75) is 11.8 Å². The smallest absolute Gasteiger partial charge is 0.264 e. The molecule has 0 fully saturated rings. The third-order valence-electron chi connectivity index (χ3n) is 3.28. The molecule has 3 aromatic rings. The van der Waals surface area contributed by atoms with E-state index in [4.69, 9.17) is 16.3 Å². The van der Waals surface area contributed by atoms with Gasteiger partial charge in [0.2, 0.25) is 5.95 Å². The van der Waals surface area contributed by atoms with Crippen LogP contribution in [0.2, 0.25) is 5.02 Å². The number of benzene rings is 1. The van der Waals surface area contributed by atoms with Crippen molar-refractivity contribution in [1.29, 1.82) is 0 Å². The van der Waals surface area contributed by atoms with Crippen LogP contribution in [0.4, 0.5) is 5.95 Å². The summed E-state index contributed by atoms with van der Waals surface area (Å²) in [6.45, 7) is 1.66. The van der Waals surface area contributed by atoms with Crippen LogP contribution in [0.3, 0.4) is 0 Å². The van der Waals surface area contributed by atoms with Crippen LogP contribution >= 0.6 is 11.6 Å². The summed E-state index contributed by atoms with van der Waals surface area (Å²) in [4.78, 5) is 0.0518. The van der Waals surface area contributed by atoms with E-state index in [-0.39, 0.29) is 15.9 Å². The molecule has 0 aliphatic heterocycles. The van der Waals surface area contributed by atoms with Gasteiger partial charge in [-0.1, -0.05) is 17.7 Å². The van der Waals surface area contributed by atoms with Crippen LogP contribution in [0.5, 0.6) is 5.75 Å². The molecule has 1 aromatic carbocycles. The number of hydrogen-bond acceptors (Lipinski definition) is 5. The average molecular weight is 353 g/mol. The number of pyridine rings is 1. The van der Waals surface area contributed by atoms with Gasteiger partial charge in [-0.3, -0.25) is 4.40 Å². The number of hydrogen-bond donors (Lipinski definition) is 1. The third-order valence-corrected chi connectivity index (χ3v) is 5.04. The number of anilines is 1. The highest BCUT2D eigenvalue weighted by Crippen LogP contribution is 2.30. The van der Waals surface area contributed by atoms with Gasteiger partial charge in [0.15, 0.2) is 5.65 Å². The number of nitrogens with zero attached hydrogens (tertiary/aromatic N) is 3. The van der Waals surface area contributed by atoms with Crippen molar-refractivity contribution < 1.29 is 13.2 Å². The molecule has 9 heteroatoms. The molecule has 0 saturated heterocycles. The number of fused-ring (bicyclic) bond motifs is 1. The van der Waals surface area contributed by atoms with Gasteiger partial charge in [0, 0.05) is 6.20 Å². The van der Waals surface area contributed by atoms with Crippen molar-refractivity contribution in [2.75, 3.05) is 11.8 Å². The zero-order valence-corrected chi connectivity index (χ0v) is 13.9. The van der Waals surface area contributed by atoms with E-state index in [2.05, 4.69) is 14.9 Å². The molecule has 0 amide bonds. The summed E-state index contributed by atoms with van der Waals surface area (Å²) in [5.74, 6) is 0.517. The summed E-state index contributed by atoms with van der Waals surface area (Å²) in [6.07, 6.45) is 1.67. The van der Waals surface area contributed by atoms with Gasteiger partial charge in [0.1, 0.15) is 5.75 Å². The topological polar surface area (TPSA) is 85.6 Å². The van der Waals surface area contributed by atoms with E-state index in [0.717, 1.165) is 0 Å². The fourth-order valence-corrected chi connectivity index (χ4v) is 3.72. The van der Waals surface area contributed by atoms with E-state index in [1.807, 2.05) is 0 Å². The standard InChI is InChI=1S/C14H13ClN4O3S/c1-9-7-11(22-2)10(15)8-12(9)23(20,21)18-14-17-16-13-5-3-4-6-19(13)14/h3-8H,1-2H3,(H,17,18). The summed E-state index contributed by atoms with van der Waals surface area (Å²) in [7, 11) is -2.40. The van der Waals surface area contributed by atoms with Crippen molar-refractivity contribution in [2.24, 2.45) is 0 Å². The molecule has 0 aliphatic rings. The number of methoxy groups -OCH3 is 1. The lowest BCUT2D eigenvalue weighted by Gasteiger charge is -2.11. The zero-order chi connectivity index (χ0) is 16.6. The summed E-state index contributed by atoms with van der Waals surface area (Å²) >= 11 is 6.03. The Morgan fingerprint density at radius 1 is 1.26 bits per heavy atom. The maximum atomic E-state index is 12.6. The van der Waals surface area contributed by atoms with Crippen LogP contribution in [0.1, 0.15) is 5.56 Å². The maximum absolute atomic E-state index is 12.6. The molecule has 0 saturated carbocycles. The maximum Gasteiger partial charge on any atom is 0.264 e. The summed E-state index contributed by atoms with van der Waals surface area (Å²) < 4.78 is 34.3. The first-order chi connectivity index (χ1) is 10.9. The normalized spacial score (nSPS) is 11.6. The second-order valence-corrected chi connectivity index (χ2v) is 6.87. The monoisotopic (exact) mass is 352 g/mol. The number of halogens is 1. The highest BCUT2D eigenvalue weighted by atomic mass is 35.5. The number of ether oxygens (including phenoxy) is 1. The lowest BCUT2D eigenvalue weighted by molar-refractivity contribution is 0.414. The zero-order valence-electron chi connectivity index (χ0n) is 12.3. The van der Waals surface area contributed by atoms with Gasteiger partial charge in [-0.05, 0) is 36.8 Å². The summed E-state index contributed by atoms with van der Waals surface area (Å²) in [5.41, 5.74) is 1.04. The molecule has 0 unspecified atom stereocenters. The molecule has 2 aromatic heterocycles. The Kier molecular flexibility index (Phi) is 3.87. The van der Waals surface area contributed by atoms with Gasteiger partial charge in [-0.25, -0.2) is 13.1 Å². The second-order valence-electron chi connectivity index (χ2n) is 4.81. The molecule has 3 rings (SSSR count). The second kappa shape index (κ2) is 5.71. The first-order valence-electron chi connectivity index (χ1n) is 6.59. The Morgan fingerprint density at radius 2 is 2.04 bits per heavy atom. The van der Waals surface area contributed by atoms with Crippen LogP contribution < -0.4 is 9.46 Å². The molecule has 120 valence electrons. The summed E-state index contributed by atoms with van der Waals surface area (Å²) in [6, 6.07) is 8.18. The highest BCUT2D eigenvalue weighted by molar-refractivity contribution is 7.92. The minimum absolute atomic E-state index is 0.0518. The number of sulfonamides is 1. The number of aryl methyl sites for hydroxylation is 1. The molecule has 0 aliphatic carbocycles. The Hall–Kier alpha value is -2.32. The van der Waals surface area contributed by atoms with Crippen LogP contribution in [0.25, 0.3) is 5.65 Å². The fourth-order valence-electron chi connectivity index (χ4n) is 2.17. The highest BCUT2D eigenvalue weighted by Gasteiger charge is 2.21. The van der Waals surface area contributed by atoms with Crippen molar-refractivity contribution in [3.8, 4) is 5.75 Å². The minimum Gasteiger partial charge on any atom is -0.495 e. The molecule has 0 spiro atoms. The molecule has 0 radical (unpaired) electrons. The van der Waals surface area contributed by atoms with Crippen molar-refractivity contribution in [3.63, 3.8) is 0 Å². The van der Waals surface area contributed by atoms with Gasteiger partial charge in [-0.15, -0.1) is 10.2 Å². The molecular formula is C14H13ClN4O3S. The van der Waals surface area contributed by atoms with Crippen LogP contribution in [0, 0.1) is 6.92 Å². The lowest BCUT2D eigenvalue weighted by Crippen LogP contribution is -2.16. The van der Waals surface area contributed by atoms with Crippen molar-refractivity contribution in [3.05, 3.63) is 47.1 Å². The molecule has 7 nitrogen and oxygen atoms in total. The molecular weight excluding hydrogens is 340 g/mol. The molecule has 0 bridgehead atoms. The van der Waals surface area contributed by atoms with E-state index < -0.39 is 10.0 Å². The van der Waals surface area contributed by atoms with Crippen molar-refractivity contribution in [1.82, 2.24) is 14.6 Å². The number of nitrogens with one attached hydrogen (secondary N) is 1. The van der Waals surface area contributed by atoms with E-state index in [9.17, 15) is 8.42 Å². The van der Waals surface area contributed by atoms with Crippen molar-refractivity contribution >= 4 is 33.2 Å². The molecule has 23 heavy (non-hydrogen) atoms. The van der Waals surface area contributed by atoms with E-state index in [0.29, 0.717) is 17.0 Å². The third kappa shape index (κ3) is 2.82. The number of aromatic nitrogens is 3. The van der Waals surface area contributed by atoms with Crippen LogP contribution in [-0.4, -0.2) is 30.1 Å². The van der Waals surface area contributed by atoms with E-state index in [1.165, 1.54) is 17.6 Å². The quantitative estimate of drug-likeness (QED) is 0.779.